The van der Waals surface area contributed by atoms with Crippen LogP contribution in [0.5, 0.6) is 5.75 Å². The Bertz CT molecular complexity index is 399. The zero-order chi connectivity index (χ0) is 14.1. The molecule has 0 saturated carbocycles. The van der Waals surface area contributed by atoms with E-state index in [9.17, 15) is 0 Å². The number of ether oxygens (including phenoxy) is 1. The second kappa shape index (κ2) is 8.85. The summed E-state index contributed by atoms with van der Waals surface area (Å²) in [5.41, 5.74) is 6.40. The Morgan fingerprint density at radius 3 is 2.84 bits per heavy atom. The first-order valence-corrected chi connectivity index (χ1v) is 6.94. The zero-order valence-corrected chi connectivity index (χ0v) is 12.2. The van der Waals surface area contributed by atoms with Crippen LogP contribution in [0.1, 0.15) is 18.9 Å². The number of benzene rings is 1. The largest absolute Gasteiger partial charge is 0.492 e. The summed E-state index contributed by atoms with van der Waals surface area (Å²) in [5.74, 6) is 0.781. The minimum absolute atomic E-state index is 0.230. The summed E-state index contributed by atoms with van der Waals surface area (Å²) in [4.78, 5) is 2.62. The van der Waals surface area contributed by atoms with Crippen molar-refractivity contribution < 1.29 is 9.84 Å². The number of aliphatic hydroxyl groups excluding tert-OH is 1. The van der Waals surface area contributed by atoms with Crippen LogP contribution >= 0.6 is 12.2 Å². The highest BCUT2D eigenvalue weighted by atomic mass is 32.1. The highest BCUT2D eigenvalue weighted by Gasteiger charge is 2.03. The van der Waals surface area contributed by atoms with E-state index < -0.39 is 0 Å². The fourth-order valence-corrected chi connectivity index (χ4v) is 1.88. The number of nitrogens with zero attached hydrogens (tertiary/aromatic N) is 1. The van der Waals surface area contributed by atoms with Gasteiger partial charge in [0.05, 0.1) is 0 Å². The quantitative estimate of drug-likeness (QED) is 0.671. The first kappa shape index (κ1) is 15.9. The lowest BCUT2D eigenvalue weighted by molar-refractivity contribution is 0.195. The summed E-state index contributed by atoms with van der Waals surface area (Å²) < 4.78 is 5.69. The van der Waals surface area contributed by atoms with E-state index in [0.717, 1.165) is 37.4 Å². The average Bonchev–Trinajstić information content (AvgIpc) is 2.43. The van der Waals surface area contributed by atoms with E-state index in [0.29, 0.717) is 11.6 Å². The fourth-order valence-electron chi connectivity index (χ4n) is 1.75. The van der Waals surface area contributed by atoms with E-state index in [-0.39, 0.29) is 6.61 Å². The summed E-state index contributed by atoms with van der Waals surface area (Å²) in [6.07, 6.45) is 0.796. The molecule has 0 saturated heterocycles. The van der Waals surface area contributed by atoms with E-state index in [4.69, 9.17) is 27.8 Å². The predicted molar refractivity (Wildman–Crippen MR) is 81.6 cm³/mol. The van der Waals surface area contributed by atoms with Crippen molar-refractivity contribution in [2.75, 3.05) is 32.8 Å². The van der Waals surface area contributed by atoms with Crippen LogP contribution in [-0.2, 0) is 0 Å². The molecule has 4 nitrogen and oxygen atoms in total. The second-order valence-corrected chi connectivity index (χ2v) is 4.69. The Hall–Kier alpha value is -1.17. The van der Waals surface area contributed by atoms with E-state index in [2.05, 4.69) is 11.8 Å². The highest BCUT2D eigenvalue weighted by Crippen LogP contribution is 2.13. The van der Waals surface area contributed by atoms with Gasteiger partial charge in [-0.05, 0) is 25.1 Å². The lowest BCUT2D eigenvalue weighted by Crippen LogP contribution is -2.29. The number of hydrogen-bond donors (Lipinski definition) is 2. The van der Waals surface area contributed by atoms with Crippen LogP contribution in [0.3, 0.4) is 0 Å². The molecule has 1 rings (SSSR count). The molecule has 1 aromatic rings. The summed E-state index contributed by atoms with van der Waals surface area (Å²) in [5, 5.41) is 8.81. The van der Waals surface area contributed by atoms with Crippen LogP contribution in [0, 0.1) is 0 Å². The van der Waals surface area contributed by atoms with E-state index in [1.54, 1.807) is 0 Å². The van der Waals surface area contributed by atoms with Crippen molar-refractivity contribution in [1.29, 1.82) is 0 Å². The lowest BCUT2D eigenvalue weighted by Gasteiger charge is -2.20. The Morgan fingerprint density at radius 1 is 1.42 bits per heavy atom. The minimum atomic E-state index is 0.230. The molecule has 0 atom stereocenters. The van der Waals surface area contributed by atoms with Crippen molar-refractivity contribution in [2.45, 2.75) is 13.3 Å². The van der Waals surface area contributed by atoms with Gasteiger partial charge in [-0.15, -0.1) is 0 Å². The molecular weight excluding hydrogens is 260 g/mol. The van der Waals surface area contributed by atoms with E-state index >= 15 is 0 Å². The molecule has 0 heterocycles. The molecule has 0 aromatic heterocycles. The number of aliphatic hydroxyl groups is 1. The van der Waals surface area contributed by atoms with Crippen LogP contribution < -0.4 is 10.5 Å². The zero-order valence-electron chi connectivity index (χ0n) is 11.3. The molecule has 0 aliphatic carbocycles. The number of likely N-dealkylation sites (N-methyl/N-ethyl adjacent to an activating group) is 1. The first-order valence-electron chi connectivity index (χ1n) is 6.53. The van der Waals surface area contributed by atoms with Crippen LogP contribution in [0.15, 0.2) is 24.3 Å². The molecular formula is C14H22N2O2S. The van der Waals surface area contributed by atoms with Gasteiger partial charge < -0.3 is 20.5 Å². The van der Waals surface area contributed by atoms with Crippen molar-refractivity contribution >= 4 is 17.2 Å². The van der Waals surface area contributed by atoms with Crippen LogP contribution in [0.25, 0.3) is 0 Å². The van der Waals surface area contributed by atoms with Crippen LogP contribution in [-0.4, -0.2) is 47.8 Å². The summed E-state index contributed by atoms with van der Waals surface area (Å²) in [7, 11) is 0. The van der Waals surface area contributed by atoms with Crippen molar-refractivity contribution in [2.24, 2.45) is 5.73 Å². The highest BCUT2D eigenvalue weighted by molar-refractivity contribution is 7.80. The van der Waals surface area contributed by atoms with Crippen molar-refractivity contribution in [3.8, 4) is 5.75 Å². The molecule has 3 N–H and O–H groups in total. The van der Waals surface area contributed by atoms with Gasteiger partial charge in [-0.3, -0.25) is 0 Å². The maximum atomic E-state index is 8.81. The molecule has 0 bridgehead atoms. The van der Waals surface area contributed by atoms with Gasteiger partial charge in [0.15, 0.2) is 0 Å². The molecule has 19 heavy (non-hydrogen) atoms. The molecule has 0 aliphatic heterocycles. The van der Waals surface area contributed by atoms with Gasteiger partial charge in [-0.25, -0.2) is 0 Å². The second-order valence-electron chi connectivity index (χ2n) is 4.25. The van der Waals surface area contributed by atoms with Gasteiger partial charge in [0.1, 0.15) is 17.3 Å². The molecule has 0 fully saturated rings. The Morgan fingerprint density at radius 2 is 2.21 bits per heavy atom. The van der Waals surface area contributed by atoms with E-state index in [1.807, 2.05) is 24.3 Å². The van der Waals surface area contributed by atoms with Crippen LogP contribution in [0.2, 0.25) is 0 Å². The van der Waals surface area contributed by atoms with Gasteiger partial charge in [0.25, 0.3) is 0 Å². The Labute approximate surface area is 120 Å². The SMILES string of the molecule is CCN(CCCO)CCOc1cccc(C(N)=S)c1. The number of hydrogen-bond acceptors (Lipinski definition) is 4. The molecule has 0 aliphatic rings. The molecule has 0 unspecified atom stereocenters. The normalized spacial score (nSPS) is 10.7. The average molecular weight is 282 g/mol. The first-order chi connectivity index (χ1) is 9.17. The van der Waals surface area contributed by atoms with Gasteiger partial charge in [-0.2, -0.15) is 0 Å². The van der Waals surface area contributed by atoms with Gasteiger partial charge in [0.2, 0.25) is 0 Å². The number of nitrogens with two attached hydrogens (primary N) is 1. The van der Waals surface area contributed by atoms with E-state index in [1.165, 1.54) is 0 Å². The summed E-state index contributed by atoms with van der Waals surface area (Å²) >= 11 is 4.93. The molecule has 0 radical (unpaired) electrons. The Kier molecular flexibility index (Phi) is 7.40. The molecule has 5 heteroatoms. The number of rotatable bonds is 9. The third-order valence-electron chi connectivity index (χ3n) is 2.87. The maximum absolute atomic E-state index is 8.81. The van der Waals surface area contributed by atoms with Crippen LogP contribution in [0.4, 0.5) is 0 Å². The fraction of sp³-hybridized carbons (Fsp3) is 0.500. The third kappa shape index (κ3) is 6.00. The third-order valence-corrected chi connectivity index (χ3v) is 3.11. The Balaban J connectivity index is 2.39. The smallest absolute Gasteiger partial charge is 0.120 e. The van der Waals surface area contributed by atoms with Crippen molar-refractivity contribution in [3.63, 3.8) is 0 Å². The summed E-state index contributed by atoms with van der Waals surface area (Å²) in [6.45, 7) is 5.63. The monoisotopic (exact) mass is 282 g/mol. The van der Waals surface area contributed by atoms with Gasteiger partial charge in [-0.1, -0.05) is 31.3 Å². The topological polar surface area (TPSA) is 58.7 Å². The van der Waals surface area contributed by atoms with Crippen molar-refractivity contribution in [1.82, 2.24) is 4.90 Å². The predicted octanol–water partition coefficient (Wildman–Crippen LogP) is 1.40. The lowest BCUT2D eigenvalue weighted by atomic mass is 10.2. The number of thiocarbonyl (C=S) groups is 1. The molecule has 106 valence electrons. The maximum Gasteiger partial charge on any atom is 0.120 e. The molecule has 0 amide bonds. The minimum Gasteiger partial charge on any atom is -0.492 e. The molecule has 0 spiro atoms. The molecule has 1 aromatic carbocycles. The van der Waals surface area contributed by atoms with Gasteiger partial charge >= 0.3 is 0 Å². The van der Waals surface area contributed by atoms with Gasteiger partial charge in [0, 0.05) is 25.3 Å². The standard InChI is InChI=1S/C14H22N2O2S/c1-2-16(7-4-9-17)8-10-18-13-6-3-5-12(11-13)14(15)19/h3,5-6,11,17H,2,4,7-10H2,1H3,(H2,15,19). The van der Waals surface area contributed by atoms with Crippen molar-refractivity contribution in [3.05, 3.63) is 29.8 Å². The summed E-state index contributed by atoms with van der Waals surface area (Å²) in [6, 6.07) is 7.50.